The predicted molar refractivity (Wildman–Crippen MR) is 102 cm³/mol. The number of alkyl halides is 3. The Morgan fingerprint density at radius 2 is 1.90 bits per heavy atom. The van der Waals surface area contributed by atoms with Crippen LogP contribution in [0.2, 0.25) is 0 Å². The molecule has 166 valence electrons. The maximum absolute atomic E-state index is 15.1. The van der Waals surface area contributed by atoms with Gasteiger partial charge in [-0.05, 0) is 44.7 Å². The molecule has 2 aromatic rings. The first kappa shape index (κ1) is 21.3. The van der Waals surface area contributed by atoms with Crippen LogP contribution in [0.1, 0.15) is 54.6 Å². The van der Waals surface area contributed by atoms with Gasteiger partial charge in [-0.1, -0.05) is 0 Å². The third-order valence-corrected chi connectivity index (χ3v) is 5.97. The van der Waals surface area contributed by atoms with Gasteiger partial charge in [-0.25, -0.2) is 9.18 Å². The Kier molecular flexibility index (Phi) is 4.86. The zero-order chi connectivity index (χ0) is 22.7. The molecule has 2 fully saturated rings. The molecule has 0 aliphatic heterocycles. The lowest BCUT2D eigenvalue weighted by Crippen LogP contribution is -2.45. The molecule has 31 heavy (non-hydrogen) atoms. The van der Waals surface area contributed by atoms with Crippen LogP contribution < -0.4 is 5.43 Å². The molecule has 1 aromatic heterocycles. The fourth-order valence-corrected chi connectivity index (χ4v) is 4.02. The summed E-state index contributed by atoms with van der Waals surface area (Å²) in [5.41, 5.74) is -2.11. The Morgan fingerprint density at radius 3 is 2.42 bits per heavy atom. The lowest BCUT2D eigenvalue weighted by Gasteiger charge is -2.30. The first-order chi connectivity index (χ1) is 14.5. The first-order valence-corrected chi connectivity index (χ1v) is 9.92. The van der Waals surface area contributed by atoms with Gasteiger partial charge in [-0.15, -0.1) is 0 Å². The lowest BCUT2D eigenvalue weighted by molar-refractivity contribution is -0.187. The molecular formula is C21H20F4N2O4. The average molecular weight is 440 g/mol. The normalized spacial score (nSPS) is 17.5. The molecule has 0 spiro atoms. The number of ether oxygens (including phenoxy) is 1. The fraction of sp³-hybridized carbons (Fsp3) is 0.476. The summed E-state index contributed by atoms with van der Waals surface area (Å²) in [4.78, 5) is 37.4. The van der Waals surface area contributed by atoms with Crippen LogP contribution in [0.5, 0.6) is 0 Å². The summed E-state index contributed by atoms with van der Waals surface area (Å²) < 4.78 is 60.6. The van der Waals surface area contributed by atoms with Gasteiger partial charge in [0.2, 0.25) is 5.43 Å². The van der Waals surface area contributed by atoms with Gasteiger partial charge >= 0.3 is 18.1 Å². The van der Waals surface area contributed by atoms with Crippen LogP contribution in [0.3, 0.4) is 0 Å². The number of carbonyl (C=O) groups is 2. The number of hydrogen-bond donors (Lipinski definition) is 0. The van der Waals surface area contributed by atoms with Crippen LogP contribution >= 0.6 is 0 Å². The zero-order valence-corrected chi connectivity index (χ0v) is 16.9. The van der Waals surface area contributed by atoms with E-state index in [4.69, 9.17) is 4.74 Å². The van der Waals surface area contributed by atoms with Gasteiger partial charge < -0.3 is 14.2 Å². The van der Waals surface area contributed by atoms with Crippen LogP contribution in [-0.4, -0.2) is 41.2 Å². The number of fused-ring (bicyclic) bond motifs is 1. The highest BCUT2D eigenvalue weighted by Crippen LogP contribution is 2.52. The van der Waals surface area contributed by atoms with Crippen molar-refractivity contribution in [1.29, 1.82) is 0 Å². The average Bonchev–Trinajstić information content (AvgIpc) is 3.60. The number of nitrogens with zero attached hydrogens (tertiary/aromatic N) is 2. The summed E-state index contributed by atoms with van der Waals surface area (Å²) in [6.07, 6.45) is -1.81. The first-order valence-electron chi connectivity index (χ1n) is 9.92. The SMILES string of the molecule is CCOC(=O)c1cn(C2CC2)c2cc(C3(N(C)C(=O)C(F)(F)F)CC3)c(F)cc2c1=O. The maximum atomic E-state index is 15.1. The third kappa shape index (κ3) is 3.47. The van der Waals surface area contributed by atoms with E-state index in [2.05, 4.69) is 0 Å². The molecule has 0 bridgehead atoms. The van der Waals surface area contributed by atoms with Gasteiger partial charge in [-0.2, -0.15) is 13.2 Å². The zero-order valence-electron chi connectivity index (χ0n) is 16.9. The topological polar surface area (TPSA) is 68.6 Å². The van der Waals surface area contributed by atoms with E-state index < -0.39 is 34.8 Å². The van der Waals surface area contributed by atoms with Gasteiger partial charge in [-0.3, -0.25) is 9.59 Å². The third-order valence-electron chi connectivity index (χ3n) is 5.97. The Balaban J connectivity index is 1.89. The summed E-state index contributed by atoms with van der Waals surface area (Å²) >= 11 is 0. The summed E-state index contributed by atoms with van der Waals surface area (Å²) in [7, 11) is 1.00. The molecule has 0 atom stereocenters. The number of halogens is 4. The smallest absolute Gasteiger partial charge is 0.462 e. The number of aromatic nitrogens is 1. The van der Waals surface area contributed by atoms with Gasteiger partial charge in [0.1, 0.15) is 11.4 Å². The number of esters is 1. The molecule has 1 amide bonds. The van der Waals surface area contributed by atoms with Crippen molar-refractivity contribution in [2.75, 3.05) is 13.7 Å². The van der Waals surface area contributed by atoms with Gasteiger partial charge in [0.05, 0.1) is 17.7 Å². The molecule has 2 saturated carbocycles. The van der Waals surface area contributed by atoms with Gasteiger partial charge in [0.25, 0.3) is 0 Å². The minimum atomic E-state index is -5.08. The Morgan fingerprint density at radius 1 is 1.26 bits per heavy atom. The summed E-state index contributed by atoms with van der Waals surface area (Å²) in [5.74, 6) is -3.77. The standard InChI is InChI=1S/C21H20F4N2O4/c1-3-31-18(29)13-10-27(11-4-5-11)16-9-14(15(22)8-12(16)17(13)28)20(6-7-20)26(2)19(30)21(23,24)25/h8-11H,3-7H2,1-2H3. The Labute approximate surface area is 174 Å². The molecule has 1 aromatic carbocycles. The Bertz CT molecular complexity index is 1150. The van der Waals surface area contributed by atoms with E-state index in [1.165, 1.54) is 12.3 Å². The second-order valence-corrected chi connectivity index (χ2v) is 7.97. The quantitative estimate of drug-likeness (QED) is 0.526. The molecule has 0 saturated heterocycles. The van der Waals surface area contributed by atoms with E-state index in [-0.39, 0.29) is 42.0 Å². The second-order valence-electron chi connectivity index (χ2n) is 7.97. The monoisotopic (exact) mass is 440 g/mol. The number of rotatable bonds is 5. The van der Waals surface area contributed by atoms with Crippen LogP contribution in [0.15, 0.2) is 23.1 Å². The van der Waals surface area contributed by atoms with Crippen LogP contribution in [0.25, 0.3) is 10.9 Å². The number of amides is 1. The predicted octanol–water partition coefficient (Wildman–Crippen LogP) is 3.66. The van der Waals surface area contributed by atoms with E-state index >= 15 is 4.39 Å². The van der Waals surface area contributed by atoms with Crippen molar-refractivity contribution in [1.82, 2.24) is 9.47 Å². The number of benzene rings is 1. The molecule has 0 N–H and O–H groups in total. The van der Waals surface area contributed by atoms with Crippen molar-refractivity contribution in [3.8, 4) is 0 Å². The van der Waals surface area contributed by atoms with Crippen molar-refractivity contribution in [2.45, 2.75) is 50.4 Å². The molecule has 0 radical (unpaired) electrons. The highest BCUT2D eigenvalue weighted by Gasteiger charge is 2.56. The van der Waals surface area contributed by atoms with E-state index in [0.717, 1.165) is 26.0 Å². The van der Waals surface area contributed by atoms with Crippen molar-refractivity contribution in [3.05, 3.63) is 45.5 Å². The van der Waals surface area contributed by atoms with Crippen molar-refractivity contribution < 1.29 is 31.9 Å². The van der Waals surface area contributed by atoms with Gasteiger partial charge in [0, 0.05) is 30.2 Å². The lowest BCUT2D eigenvalue weighted by atomic mass is 9.99. The second kappa shape index (κ2) is 7.06. The summed E-state index contributed by atoms with van der Waals surface area (Å²) in [6.45, 7) is 1.66. The van der Waals surface area contributed by atoms with Crippen LogP contribution in [-0.2, 0) is 15.1 Å². The number of carbonyl (C=O) groups excluding carboxylic acids is 2. The Hall–Kier alpha value is -2.91. The summed E-state index contributed by atoms with van der Waals surface area (Å²) in [6, 6.07) is 2.27. The van der Waals surface area contributed by atoms with Crippen LogP contribution in [0.4, 0.5) is 17.6 Å². The van der Waals surface area contributed by atoms with Crippen molar-refractivity contribution in [3.63, 3.8) is 0 Å². The maximum Gasteiger partial charge on any atom is 0.471 e. The van der Waals surface area contributed by atoms with Crippen molar-refractivity contribution >= 4 is 22.8 Å². The van der Waals surface area contributed by atoms with E-state index in [9.17, 15) is 27.6 Å². The molecular weight excluding hydrogens is 420 g/mol. The van der Waals surface area contributed by atoms with E-state index in [1.807, 2.05) is 0 Å². The fourth-order valence-electron chi connectivity index (χ4n) is 4.02. The van der Waals surface area contributed by atoms with E-state index in [1.54, 1.807) is 11.5 Å². The van der Waals surface area contributed by atoms with Crippen LogP contribution in [0, 0.1) is 5.82 Å². The molecule has 2 aliphatic carbocycles. The van der Waals surface area contributed by atoms with Crippen molar-refractivity contribution in [2.24, 2.45) is 0 Å². The van der Waals surface area contributed by atoms with Gasteiger partial charge in [0.15, 0.2) is 0 Å². The highest BCUT2D eigenvalue weighted by atomic mass is 19.4. The molecule has 0 unspecified atom stereocenters. The highest BCUT2D eigenvalue weighted by molar-refractivity contribution is 5.94. The summed E-state index contributed by atoms with van der Waals surface area (Å²) in [5, 5.41) is -0.0562. The minimum Gasteiger partial charge on any atom is -0.462 e. The molecule has 4 rings (SSSR count). The van der Waals surface area contributed by atoms with E-state index in [0.29, 0.717) is 10.4 Å². The number of pyridine rings is 1. The number of hydrogen-bond acceptors (Lipinski definition) is 4. The molecule has 1 heterocycles. The minimum absolute atomic E-state index is 0.0146. The largest absolute Gasteiger partial charge is 0.471 e. The molecule has 2 aliphatic rings. The molecule has 6 nitrogen and oxygen atoms in total. The molecule has 10 heteroatoms.